The number of para-hydroxylation sites is 1. The molecule has 0 spiro atoms. The third kappa shape index (κ3) is 4.20. The summed E-state index contributed by atoms with van der Waals surface area (Å²) in [6.07, 6.45) is 0.614. The lowest BCUT2D eigenvalue weighted by Gasteiger charge is -2.26. The van der Waals surface area contributed by atoms with Crippen LogP contribution in [0.2, 0.25) is 0 Å². The first kappa shape index (κ1) is 17.5. The average Bonchev–Trinajstić information content (AvgIpc) is 2.61. The molecule has 2 aromatic rings. The van der Waals surface area contributed by atoms with Crippen molar-refractivity contribution in [2.45, 2.75) is 30.7 Å². The normalized spacial score (nSPS) is 16.6. The molecular weight excluding hydrogens is 338 g/mol. The zero-order chi connectivity index (χ0) is 17.9. The number of nitrogens with one attached hydrogen (secondary N) is 1. The van der Waals surface area contributed by atoms with Crippen molar-refractivity contribution in [3.05, 3.63) is 59.7 Å². The summed E-state index contributed by atoms with van der Waals surface area (Å²) in [7, 11) is -3.46. The first-order valence-electron chi connectivity index (χ1n) is 8.26. The SMILES string of the molecule is Cc1ccc(S(=O)(=O)CCC(=O)N[C@@H]2CCOc3ccccc32)cc1. The molecule has 0 saturated heterocycles. The van der Waals surface area contributed by atoms with Crippen LogP contribution in [0.25, 0.3) is 0 Å². The number of benzene rings is 2. The molecule has 0 radical (unpaired) electrons. The van der Waals surface area contributed by atoms with E-state index in [9.17, 15) is 13.2 Å². The van der Waals surface area contributed by atoms with Gasteiger partial charge in [-0.05, 0) is 25.1 Å². The maximum Gasteiger partial charge on any atom is 0.221 e. The Labute approximate surface area is 147 Å². The number of aryl methyl sites for hydroxylation is 1. The highest BCUT2D eigenvalue weighted by Crippen LogP contribution is 2.31. The van der Waals surface area contributed by atoms with Gasteiger partial charge in [-0.25, -0.2) is 8.42 Å². The van der Waals surface area contributed by atoms with Gasteiger partial charge in [-0.2, -0.15) is 0 Å². The van der Waals surface area contributed by atoms with E-state index in [0.717, 1.165) is 16.9 Å². The van der Waals surface area contributed by atoms with Crippen molar-refractivity contribution in [1.82, 2.24) is 5.32 Å². The summed E-state index contributed by atoms with van der Waals surface area (Å²) in [5.74, 6) is 0.302. The smallest absolute Gasteiger partial charge is 0.221 e. The number of ether oxygens (including phenoxy) is 1. The van der Waals surface area contributed by atoms with E-state index in [4.69, 9.17) is 4.74 Å². The van der Waals surface area contributed by atoms with Crippen LogP contribution in [0, 0.1) is 6.92 Å². The fraction of sp³-hybridized carbons (Fsp3) is 0.316. The minimum atomic E-state index is -3.46. The van der Waals surface area contributed by atoms with E-state index < -0.39 is 9.84 Å². The summed E-state index contributed by atoms with van der Waals surface area (Å²) in [4.78, 5) is 12.5. The quantitative estimate of drug-likeness (QED) is 0.891. The number of sulfone groups is 1. The standard InChI is InChI=1S/C19H21NO4S/c1-14-6-8-15(9-7-14)25(22,23)13-11-19(21)20-17-10-12-24-18-5-3-2-4-16(17)18/h2-9,17H,10-13H2,1H3,(H,20,21)/t17-/m1/s1. The molecule has 1 amide bonds. The molecule has 0 fully saturated rings. The molecule has 0 bridgehead atoms. The molecule has 2 aromatic carbocycles. The van der Waals surface area contributed by atoms with E-state index in [2.05, 4.69) is 5.32 Å². The Balaban J connectivity index is 1.61. The van der Waals surface area contributed by atoms with Crippen molar-refractivity contribution < 1.29 is 17.9 Å². The Morgan fingerprint density at radius 3 is 2.64 bits per heavy atom. The summed E-state index contributed by atoms with van der Waals surface area (Å²) >= 11 is 0. The van der Waals surface area contributed by atoms with E-state index >= 15 is 0 Å². The van der Waals surface area contributed by atoms with Crippen LogP contribution in [0.15, 0.2) is 53.4 Å². The zero-order valence-corrected chi connectivity index (χ0v) is 14.9. The second kappa shape index (κ2) is 7.27. The highest BCUT2D eigenvalue weighted by atomic mass is 32.2. The molecule has 1 atom stereocenters. The summed E-state index contributed by atoms with van der Waals surface area (Å²) < 4.78 is 30.2. The maximum atomic E-state index is 12.3. The number of hydrogen-bond acceptors (Lipinski definition) is 4. The predicted molar refractivity (Wildman–Crippen MR) is 95.3 cm³/mol. The molecule has 0 unspecified atom stereocenters. The van der Waals surface area contributed by atoms with E-state index in [1.165, 1.54) is 0 Å². The van der Waals surface area contributed by atoms with Gasteiger partial charge in [0, 0.05) is 18.4 Å². The average molecular weight is 359 g/mol. The van der Waals surface area contributed by atoms with Crippen LogP contribution in [0.1, 0.15) is 30.0 Å². The van der Waals surface area contributed by atoms with Crippen molar-refractivity contribution in [2.75, 3.05) is 12.4 Å². The van der Waals surface area contributed by atoms with E-state index in [-0.39, 0.29) is 29.0 Å². The number of fused-ring (bicyclic) bond motifs is 1. The van der Waals surface area contributed by atoms with Gasteiger partial charge >= 0.3 is 0 Å². The lowest BCUT2D eigenvalue weighted by Crippen LogP contribution is -2.33. The Morgan fingerprint density at radius 2 is 1.88 bits per heavy atom. The van der Waals surface area contributed by atoms with Gasteiger partial charge in [-0.3, -0.25) is 4.79 Å². The largest absolute Gasteiger partial charge is 0.493 e. The number of carbonyl (C=O) groups excluding carboxylic acids is 1. The molecule has 1 N–H and O–H groups in total. The Hall–Kier alpha value is -2.34. The summed E-state index contributed by atoms with van der Waals surface area (Å²) in [6.45, 7) is 2.43. The molecule has 0 aliphatic carbocycles. The van der Waals surface area contributed by atoms with Gasteiger partial charge < -0.3 is 10.1 Å². The van der Waals surface area contributed by atoms with Crippen LogP contribution in [-0.2, 0) is 14.6 Å². The summed E-state index contributed by atoms with van der Waals surface area (Å²) in [6, 6.07) is 14.1. The molecule has 0 aromatic heterocycles. The predicted octanol–water partition coefficient (Wildman–Crippen LogP) is 2.80. The van der Waals surface area contributed by atoms with Crippen molar-refractivity contribution in [3.63, 3.8) is 0 Å². The van der Waals surface area contributed by atoms with Gasteiger partial charge in [0.25, 0.3) is 0 Å². The van der Waals surface area contributed by atoms with E-state index in [1.807, 2.05) is 31.2 Å². The van der Waals surface area contributed by atoms with Crippen molar-refractivity contribution in [1.29, 1.82) is 0 Å². The molecule has 1 aliphatic rings. The number of amides is 1. The Kier molecular flexibility index (Phi) is 5.08. The van der Waals surface area contributed by atoms with Gasteiger partial charge in [-0.15, -0.1) is 0 Å². The zero-order valence-electron chi connectivity index (χ0n) is 14.1. The number of hydrogen-bond donors (Lipinski definition) is 1. The van der Waals surface area contributed by atoms with Crippen molar-refractivity contribution >= 4 is 15.7 Å². The molecule has 5 nitrogen and oxygen atoms in total. The molecule has 132 valence electrons. The summed E-state index contributed by atoms with van der Waals surface area (Å²) in [5, 5.41) is 2.92. The number of carbonyl (C=O) groups is 1. The van der Waals surface area contributed by atoms with Gasteiger partial charge in [0.05, 0.1) is 23.3 Å². The van der Waals surface area contributed by atoms with Crippen LogP contribution in [0.5, 0.6) is 5.75 Å². The first-order valence-corrected chi connectivity index (χ1v) is 9.91. The maximum absolute atomic E-state index is 12.3. The third-order valence-corrected chi connectivity index (χ3v) is 6.00. The highest BCUT2D eigenvalue weighted by molar-refractivity contribution is 7.91. The fourth-order valence-electron chi connectivity index (χ4n) is 2.85. The van der Waals surface area contributed by atoms with Crippen LogP contribution >= 0.6 is 0 Å². The molecule has 0 saturated carbocycles. The fourth-order valence-corrected chi connectivity index (χ4v) is 4.09. The van der Waals surface area contributed by atoms with Crippen molar-refractivity contribution in [2.24, 2.45) is 0 Å². The second-order valence-corrected chi connectivity index (χ2v) is 8.29. The van der Waals surface area contributed by atoms with Crippen LogP contribution in [0.3, 0.4) is 0 Å². The van der Waals surface area contributed by atoms with E-state index in [1.54, 1.807) is 24.3 Å². The van der Waals surface area contributed by atoms with Crippen LogP contribution in [0.4, 0.5) is 0 Å². The Bertz CT molecular complexity index is 859. The third-order valence-electron chi connectivity index (χ3n) is 4.27. The molecule has 1 aliphatic heterocycles. The highest BCUT2D eigenvalue weighted by Gasteiger charge is 2.23. The lowest BCUT2D eigenvalue weighted by atomic mass is 10.0. The number of rotatable bonds is 5. The van der Waals surface area contributed by atoms with Gasteiger partial charge in [0.2, 0.25) is 5.91 Å². The van der Waals surface area contributed by atoms with Crippen LogP contribution < -0.4 is 10.1 Å². The first-order chi connectivity index (χ1) is 12.0. The van der Waals surface area contributed by atoms with Gasteiger partial charge in [0.1, 0.15) is 5.75 Å². The molecule has 25 heavy (non-hydrogen) atoms. The Morgan fingerprint density at radius 1 is 1.16 bits per heavy atom. The summed E-state index contributed by atoms with van der Waals surface area (Å²) in [5.41, 5.74) is 1.93. The molecule has 3 rings (SSSR count). The molecule has 6 heteroatoms. The monoisotopic (exact) mass is 359 g/mol. The van der Waals surface area contributed by atoms with Gasteiger partial charge in [0.15, 0.2) is 9.84 Å². The van der Waals surface area contributed by atoms with Gasteiger partial charge in [-0.1, -0.05) is 35.9 Å². The van der Waals surface area contributed by atoms with Crippen molar-refractivity contribution in [3.8, 4) is 5.75 Å². The van der Waals surface area contributed by atoms with E-state index in [0.29, 0.717) is 13.0 Å². The molecular formula is C19H21NO4S. The minimum Gasteiger partial charge on any atom is -0.493 e. The lowest BCUT2D eigenvalue weighted by molar-refractivity contribution is -0.121. The topological polar surface area (TPSA) is 72.5 Å². The molecule has 1 heterocycles. The second-order valence-electron chi connectivity index (χ2n) is 6.18. The van der Waals surface area contributed by atoms with Crippen LogP contribution in [-0.4, -0.2) is 26.7 Å². The minimum absolute atomic E-state index is 0.0598.